The van der Waals surface area contributed by atoms with Crippen molar-refractivity contribution < 1.29 is 9.90 Å². The van der Waals surface area contributed by atoms with Crippen LogP contribution in [-0.4, -0.2) is 26.4 Å². The van der Waals surface area contributed by atoms with Gasteiger partial charge in [-0.2, -0.15) is 4.98 Å². The van der Waals surface area contributed by atoms with Gasteiger partial charge in [0.2, 0.25) is 0 Å². The van der Waals surface area contributed by atoms with Crippen LogP contribution in [0, 0.1) is 6.92 Å². The number of halogens is 2. The summed E-state index contributed by atoms with van der Waals surface area (Å²) in [6.45, 7) is 1.88. The fraction of sp³-hybridized carbons (Fsp3) is 0.154. The van der Waals surface area contributed by atoms with Gasteiger partial charge in [-0.05, 0) is 40.5 Å². The van der Waals surface area contributed by atoms with Crippen molar-refractivity contribution >= 4 is 45.3 Å². The smallest absolute Gasteiger partial charge is 0.313 e. The Morgan fingerprint density at radius 3 is 2.90 bits per heavy atom. The van der Waals surface area contributed by atoms with Gasteiger partial charge in [0.15, 0.2) is 5.16 Å². The molecule has 110 valence electrons. The SMILES string of the molecule is Cc1cc(Br)c(-n2ccc(=O)nc2SCC(=O)O)cc1Cl. The molecule has 0 bridgehead atoms. The number of aromatic nitrogens is 2. The van der Waals surface area contributed by atoms with E-state index in [0.29, 0.717) is 15.9 Å². The lowest BCUT2D eigenvalue weighted by molar-refractivity contribution is -0.133. The van der Waals surface area contributed by atoms with E-state index in [1.165, 1.54) is 6.07 Å². The molecule has 1 aromatic heterocycles. The molecule has 0 aliphatic rings. The molecule has 0 atom stereocenters. The third-order valence-electron chi connectivity index (χ3n) is 2.59. The van der Waals surface area contributed by atoms with Gasteiger partial charge in [0.05, 0.1) is 11.4 Å². The Morgan fingerprint density at radius 1 is 1.52 bits per heavy atom. The quantitative estimate of drug-likeness (QED) is 0.642. The first-order valence-electron chi connectivity index (χ1n) is 5.79. The molecule has 0 fully saturated rings. The highest BCUT2D eigenvalue weighted by atomic mass is 79.9. The molecule has 0 radical (unpaired) electrons. The van der Waals surface area contributed by atoms with Gasteiger partial charge in [-0.15, -0.1) is 0 Å². The van der Waals surface area contributed by atoms with Crippen LogP contribution < -0.4 is 5.56 Å². The summed E-state index contributed by atoms with van der Waals surface area (Å²) in [6, 6.07) is 4.89. The zero-order valence-corrected chi connectivity index (χ0v) is 14.0. The highest BCUT2D eigenvalue weighted by molar-refractivity contribution is 9.10. The standard InChI is InChI=1S/C13H10BrClN2O3S/c1-7-4-8(14)10(5-9(7)15)17-3-2-11(18)16-13(17)21-6-12(19)20/h2-5H,6H2,1H3,(H,19,20). The third-order valence-corrected chi connectivity index (χ3v) is 4.57. The van der Waals surface area contributed by atoms with Crippen molar-refractivity contribution in [3.8, 4) is 5.69 Å². The average molecular weight is 390 g/mol. The van der Waals surface area contributed by atoms with Crippen molar-refractivity contribution in [2.45, 2.75) is 12.1 Å². The number of rotatable bonds is 4. The van der Waals surface area contributed by atoms with Crippen LogP contribution in [0.4, 0.5) is 0 Å². The van der Waals surface area contributed by atoms with Gasteiger partial charge in [-0.3, -0.25) is 14.2 Å². The molecular weight excluding hydrogens is 380 g/mol. The molecule has 0 saturated heterocycles. The molecule has 1 heterocycles. The molecule has 0 aliphatic heterocycles. The first kappa shape index (κ1) is 16.1. The summed E-state index contributed by atoms with van der Waals surface area (Å²) in [5, 5.41) is 9.64. The molecule has 0 aliphatic carbocycles. The lowest BCUT2D eigenvalue weighted by Crippen LogP contribution is -2.13. The van der Waals surface area contributed by atoms with Gasteiger partial charge >= 0.3 is 5.97 Å². The minimum Gasteiger partial charge on any atom is -0.481 e. The number of carbonyl (C=O) groups is 1. The number of hydrogen-bond acceptors (Lipinski definition) is 4. The van der Waals surface area contributed by atoms with Crippen molar-refractivity contribution in [1.82, 2.24) is 9.55 Å². The van der Waals surface area contributed by atoms with Crippen LogP contribution in [0.3, 0.4) is 0 Å². The van der Waals surface area contributed by atoms with Gasteiger partial charge in [0.25, 0.3) is 5.56 Å². The zero-order valence-electron chi connectivity index (χ0n) is 10.8. The van der Waals surface area contributed by atoms with E-state index >= 15 is 0 Å². The maximum Gasteiger partial charge on any atom is 0.313 e. The molecule has 8 heteroatoms. The average Bonchev–Trinajstić information content (AvgIpc) is 2.41. The molecule has 0 amide bonds. The highest BCUT2D eigenvalue weighted by Gasteiger charge is 2.12. The number of hydrogen-bond donors (Lipinski definition) is 1. The number of aryl methyl sites for hydroxylation is 1. The second kappa shape index (κ2) is 6.64. The van der Waals surface area contributed by atoms with Crippen LogP contribution in [-0.2, 0) is 4.79 Å². The largest absolute Gasteiger partial charge is 0.481 e. The molecule has 0 unspecified atom stereocenters. The second-order valence-electron chi connectivity index (χ2n) is 4.15. The maximum atomic E-state index is 11.4. The van der Waals surface area contributed by atoms with E-state index < -0.39 is 11.5 Å². The van der Waals surface area contributed by atoms with Gasteiger partial charge in [0.1, 0.15) is 0 Å². The summed E-state index contributed by atoms with van der Waals surface area (Å²) in [5.74, 6) is -1.17. The summed E-state index contributed by atoms with van der Waals surface area (Å²) in [7, 11) is 0. The van der Waals surface area contributed by atoms with Crippen molar-refractivity contribution in [3.05, 3.63) is 49.8 Å². The molecule has 2 aromatic rings. The lowest BCUT2D eigenvalue weighted by Gasteiger charge is -2.14. The fourth-order valence-corrected chi connectivity index (χ4v) is 3.13. The number of carboxylic acids is 1. The van der Waals surface area contributed by atoms with Gasteiger partial charge in [-0.1, -0.05) is 23.4 Å². The van der Waals surface area contributed by atoms with Crippen molar-refractivity contribution in [2.75, 3.05) is 5.75 Å². The van der Waals surface area contributed by atoms with E-state index in [1.54, 1.807) is 16.8 Å². The molecule has 1 N–H and O–H groups in total. The molecule has 0 saturated carbocycles. The van der Waals surface area contributed by atoms with E-state index in [-0.39, 0.29) is 5.75 Å². The Balaban J connectivity index is 2.55. The zero-order chi connectivity index (χ0) is 15.6. The highest BCUT2D eigenvalue weighted by Crippen LogP contribution is 2.30. The van der Waals surface area contributed by atoms with Gasteiger partial charge < -0.3 is 5.11 Å². The first-order chi connectivity index (χ1) is 9.88. The van der Waals surface area contributed by atoms with Gasteiger partial charge in [-0.25, -0.2) is 0 Å². The normalized spacial score (nSPS) is 10.6. The molecule has 0 spiro atoms. The minimum absolute atomic E-state index is 0.187. The number of benzene rings is 1. The number of aliphatic carboxylic acids is 1. The molecule has 21 heavy (non-hydrogen) atoms. The predicted molar refractivity (Wildman–Crippen MR) is 85.6 cm³/mol. The first-order valence-corrected chi connectivity index (χ1v) is 7.94. The van der Waals surface area contributed by atoms with Crippen molar-refractivity contribution in [3.63, 3.8) is 0 Å². The Hall–Kier alpha value is -1.31. The number of nitrogens with zero attached hydrogens (tertiary/aromatic N) is 2. The summed E-state index contributed by atoms with van der Waals surface area (Å²) < 4.78 is 2.40. The lowest BCUT2D eigenvalue weighted by atomic mass is 10.2. The summed E-state index contributed by atoms with van der Waals surface area (Å²) in [5.41, 5.74) is 1.17. The van der Waals surface area contributed by atoms with Gasteiger partial charge in [0, 0.05) is 21.8 Å². The van der Waals surface area contributed by atoms with Crippen molar-refractivity contribution in [1.29, 1.82) is 0 Å². The molecule has 1 aromatic carbocycles. The Bertz CT molecular complexity index is 764. The second-order valence-corrected chi connectivity index (χ2v) is 6.36. The van der Waals surface area contributed by atoms with Crippen LogP contribution in [0.2, 0.25) is 5.02 Å². The van der Waals surface area contributed by atoms with Crippen LogP contribution >= 0.6 is 39.3 Å². The van der Waals surface area contributed by atoms with E-state index in [0.717, 1.165) is 21.8 Å². The molecular formula is C13H10BrClN2O3S. The minimum atomic E-state index is -0.981. The fourth-order valence-electron chi connectivity index (χ4n) is 1.62. The monoisotopic (exact) mass is 388 g/mol. The summed E-state index contributed by atoms with van der Waals surface area (Å²) >= 11 is 10.5. The van der Waals surface area contributed by atoms with E-state index in [9.17, 15) is 9.59 Å². The third kappa shape index (κ3) is 3.87. The Morgan fingerprint density at radius 2 is 2.24 bits per heavy atom. The summed E-state index contributed by atoms with van der Waals surface area (Å²) in [4.78, 5) is 26.0. The Labute approximate surface area is 138 Å². The predicted octanol–water partition coefficient (Wildman–Crippen LogP) is 3.13. The molecule has 2 rings (SSSR count). The van der Waals surface area contributed by atoms with E-state index in [2.05, 4.69) is 20.9 Å². The number of carboxylic acid groups (broad SMARTS) is 1. The molecule has 5 nitrogen and oxygen atoms in total. The van der Waals surface area contributed by atoms with Crippen LogP contribution in [0.15, 0.2) is 38.8 Å². The maximum absolute atomic E-state index is 11.4. The van der Waals surface area contributed by atoms with Crippen LogP contribution in [0.1, 0.15) is 5.56 Å². The van der Waals surface area contributed by atoms with E-state index in [1.807, 2.05) is 13.0 Å². The Kier molecular flexibility index (Phi) is 5.08. The van der Waals surface area contributed by atoms with Crippen LogP contribution in [0.25, 0.3) is 5.69 Å². The van der Waals surface area contributed by atoms with Crippen LogP contribution in [0.5, 0.6) is 0 Å². The van der Waals surface area contributed by atoms with Crippen molar-refractivity contribution in [2.24, 2.45) is 0 Å². The topological polar surface area (TPSA) is 72.2 Å². The van der Waals surface area contributed by atoms with E-state index in [4.69, 9.17) is 16.7 Å². The number of thioether (sulfide) groups is 1. The summed E-state index contributed by atoms with van der Waals surface area (Å²) in [6.07, 6.45) is 1.55.